The topological polar surface area (TPSA) is 90.9 Å². The Hall–Kier alpha value is -0.810. The van der Waals surface area contributed by atoms with Crippen molar-refractivity contribution in [1.82, 2.24) is 5.32 Å². The monoisotopic (exact) mass is 231 g/mol. The molecule has 0 bridgehead atoms. The van der Waals surface area contributed by atoms with E-state index >= 15 is 0 Å². The number of oxime groups is 1. The number of rotatable bonds is 7. The van der Waals surface area contributed by atoms with Gasteiger partial charge >= 0.3 is 0 Å². The third-order valence-corrected chi connectivity index (χ3v) is 2.32. The van der Waals surface area contributed by atoms with E-state index in [4.69, 9.17) is 10.9 Å². The maximum absolute atomic E-state index is 10.1. The zero-order valence-corrected chi connectivity index (χ0v) is 10.7. The van der Waals surface area contributed by atoms with Gasteiger partial charge in [0.05, 0.1) is 5.60 Å². The number of hydrogen-bond acceptors (Lipinski definition) is 4. The zero-order valence-electron chi connectivity index (χ0n) is 10.7. The molecule has 0 saturated heterocycles. The van der Waals surface area contributed by atoms with E-state index in [0.717, 1.165) is 6.42 Å². The summed E-state index contributed by atoms with van der Waals surface area (Å²) in [6.07, 6.45) is 1.21. The minimum absolute atomic E-state index is 0.0783. The van der Waals surface area contributed by atoms with E-state index in [1.807, 2.05) is 13.8 Å². The molecule has 0 spiro atoms. The molecule has 0 aromatic carbocycles. The molecule has 0 radical (unpaired) electrons. The molecule has 0 aromatic rings. The van der Waals surface area contributed by atoms with Crippen molar-refractivity contribution >= 4 is 5.84 Å². The average molecular weight is 231 g/mol. The number of amidine groups is 1. The molecule has 0 aliphatic heterocycles. The minimum Gasteiger partial charge on any atom is -0.409 e. The van der Waals surface area contributed by atoms with E-state index in [0.29, 0.717) is 18.9 Å². The van der Waals surface area contributed by atoms with Crippen LogP contribution in [0.15, 0.2) is 5.16 Å². The Morgan fingerprint density at radius 2 is 2.00 bits per heavy atom. The number of nitrogens with one attached hydrogen (secondary N) is 1. The molecule has 2 atom stereocenters. The number of aliphatic hydroxyl groups is 1. The van der Waals surface area contributed by atoms with Crippen LogP contribution in [-0.4, -0.2) is 34.3 Å². The molecule has 0 aromatic heterocycles. The fraction of sp³-hybridized carbons (Fsp3) is 0.909. The van der Waals surface area contributed by atoms with Gasteiger partial charge in [0, 0.05) is 19.0 Å². The van der Waals surface area contributed by atoms with Crippen molar-refractivity contribution in [1.29, 1.82) is 0 Å². The lowest BCUT2D eigenvalue weighted by atomic mass is 9.94. The fourth-order valence-electron chi connectivity index (χ4n) is 1.77. The van der Waals surface area contributed by atoms with Crippen LogP contribution in [0.1, 0.15) is 40.5 Å². The van der Waals surface area contributed by atoms with Crippen LogP contribution in [0.4, 0.5) is 0 Å². The zero-order chi connectivity index (χ0) is 12.8. The Bertz CT molecular complexity index is 227. The van der Waals surface area contributed by atoms with Crippen molar-refractivity contribution in [2.75, 3.05) is 6.54 Å². The molecule has 0 aliphatic rings. The molecule has 5 nitrogen and oxygen atoms in total. The molecule has 5 N–H and O–H groups in total. The Kier molecular flexibility index (Phi) is 6.36. The highest BCUT2D eigenvalue weighted by molar-refractivity contribution is 5.80. The van der Waals surface area contributed by atoms with Gasteiger partial charge in [-0.1, -0.05) is 19.0 Å². The van der Waals surface area contributed by atoms with Gasteiger partial charge in [0.15, 0.2) is 0 Å². The molecule has 0 saturated carbocycles. The van der Waals surface area contributed by atoms with Gasteiger partial charge in [-0.25, -0.2) is 0 Å². The van der Waals surface area contributed by atoms with Crippen LogP contribution >= 0.6 is 0 Å². The first-order chi connectivity index (χ1) is 7.26. The fourth-order valence-corrected chi connectivity index (χ4v) is 1.77. The van der Waals surface area contributed by atoms with Gasteiger partial charge in [-0.2, -0.15) is 0 Å². The van der Waals surface area contributed by atoms with E-state index < -0.39 is 5.60 Å². The average Bonchev–Trinajstić information content (AvgIpc) is 2.13. The Morgan fingerprint density at radius 3 is 2.44 bits per heavy atom. The number of nitrogens with zero attached hydrogens (tertiary/aromatic N) is 1. The van der Waals surface area contributed by atoms with E-state index in [9.17, 15) is 5.11 Å². The van der Waals surface area contributed by atoms with E-state index in [-0.39, 0.29) is 11.9 Å². The maximum Gasteiger partial charge on any atom is 0.140 e. The molecular weight excluding hydrogens is 206 g/mol. The Balaban J connectivity index is 3.94. The van der Waals surface area contributed by atoms with Crippen LogP contribution in [0.5, 0.6) is 0 Å². The first kappa shape index (κ1) is 15.2. The highest BCUT2D eigenvalue weighted by atomic mass is 16.4. The molecule has 5 heteroatoms. The molecule has 0 aliphatic carbocycles. The van der Waals surface area contributed by atoms with Crippen LogP contribution in [-0.2, 0) is 0 Å². The normalized spacial score (nSPS) is 18.5. The van der Waals surface area contributed by atoms with Gasteiger partial charge in [0.25, 0.3) is 0 Å². The summed E-state index contributed by atoms with van der Waals surface area (Å²) in [6, 6.07) is 0.0783. The molecular formula is C11H25N3O2. The SMILES string of the molecule is CC(C)CC(C)(O)CNC(C)CC(N)=NO. The summed E-state index contributed by atoms with van der Waals surface area (Å²) in [5.74, 6) is 0.652. The van der Waals surface area contributed by atoms with Gasteiger partial charge in [0.1, 0.15) is 5.84 Å². The summed E-state index contributed by atoms with van der Waals surface area (Å²) < 4.78 is 0. The van der Waals surface area contributed by atoms with Crippen molar-refractivity contribution < 1.29 is 10.3 Å². The largest absolute Gasteiger partial charge is 0.409 e. The first-order valence-corrected chi connectivity index (χ1v) is 5.69. The summed E-state index contributed by atoms with van der Waals surface area (Å²) in [5.41, 5.74) is 4.68. The lowest BCUT2D eigenvalue weighted by Gasteiger charge is -2.27. The predicted molar refractivity (Wildman–Crippen MR) is 65.6 cm³/mol. The molecule has 2 unspecified atom stereocenters. The second-order valence-corrected chi connectivity index (χ2v) is 5.17. The van der Waals surface area contributed by atoms with Crippen molar-refractivity contribution in [2.45, 2.75) is 52.2 Å². The molecule has 16 heavy (non-hydrogen) atoms. The van der Waals surface area contributed by atoms with Crippen LogP contribution in [0.3, 0.4) is 0 Å². The lowest BCUT2D eigenvalue weighted by molar-refractivity contribution is 0.0365. The van der Waals surface area contributed by atoms with E-state index in [1.165, 1.54) is 0 Å². The summed E-state index contributed by atoms with van der Waals surface area (Å²) in [7, 11) is 0. The quantitative estimate of drug-likeness (QED) is 0.227. The minimum atomic E-state index is -0.715. The molecule has 96 valence electrons. The van der Waals surface area contributed by atoms with Crippen LogP contribution in [0, 0.1) is 5.92 Å². The third-order valence-electron chi connectivity index (χ3n) is 2.32. The summed E-state index contributed by atoms with van der Waals surface area (Å²) in [6.45, 7) is 8.41. The second kappa shape index (κ2) is 6.70. The molecule has 0 heterocycles. The third kappa shape index (κ3) is 7.48. The van der Waals surface area contributed by atoms with Gasteiger partial charge < -0.3 is 21.4 Å². The predicted octanol–water partition coefficient (Wildman–Crippen LogP) is 0.898. The van der Waals surface area contributed by atoms with Crippen molar-refractivity contribution in [2.24, 2.45) is 16.8 Å². The van der Waals surface area contributed by atoms with E-state index in [1.54, 1.807) is 0 Å². The van der Waals surface area contributed by atoms with E-state index in [2.05, 4.69) is 24.3 Å². The Morgan fingerprint density at radius 1 is 1.44 bits per heavy atom. The van der Waals surface area contributed by atoms with Crippen molar-refractivity contribution in [3.8, 4) is 0 Å². The van der Waals surface area contributed by atoms with Gasteiger partial charge in [0.2, 0.25) is 0 Å². The van der Waals surface area contributed by atoms with Gasteiger partial charge in [-0.3, -0.25) is 0 Å². The highest BCUT2D eigenvalue weighted by Gasteiger charge is 2.22. The van der Waals surface area contributed by atoms with Gasteiger partial charge in [-0.15, -0.1) is 0 Å². The molecule has 0 rings (SSSR count). The number of nitrogens with two attached hydrogens (primary N) is 1. The standard InChI is InChI=1S/C11H25N3O2/c1-8(2)6-11(4,15)7-13-9(3)5-10(12)14-16/h8-9,13,15-16H,5-7H2,1-4H3,(H2,12,14). The summed E-state index contributed by atoms with van der Waals surface area (Å²) >= 11 is 0. The summed E-state index contributed by atoms with van der Waals surface area (Å²) in [5, 5.41) is 24.6. The highest BCUT2D eigenvalue weighted by Crippen LogP contribution is 2.15. The molecule has 0 fully saturated rings. The maximum atomic E-state index is 10.1. The first-order valence-electron chi connectivity index (χ1n) is 5.69. The second-order valence-electron chi connectivity index (χ2n) is 5.17. The Labute approximate surface area is 97.7 Å². The molecule has 0 amide bonds. The van der Waals surface area contributed by atoms with Gasteiger partial charge in [-0.05, 0) is 26.2 Å². The smallest absolute Gasteiger partial charge is 0.140 e. The van der Waals surface area contributed by atoms with Crippen molar-refractivity contribution in [3.05, 3.63) is 0 Å². The van der Waals surface area contributed by atoms with Crippen LogP contribution in [0.25, 0.3) is 0 Å². The lowest BCUT2D eigenvalue weighted by Crippen LogP contribution is -2.43. The van der Waals surface area contributed by atoms with Crippen LogP contribution in [0.2, 0.25) is 0 Å². The number of hydrogen-bond donors (Lipinski definition) is 4. The summed E-state index contributed by atoms with van der Waals surface area (Å²) in [4.78, 5) is 0. The van der Waals surface area contributed by atoms with Crippen LogP contribution < -0.4 is 11.1 Å². The van der Waals surface area contributed by atoms with Crippen molar-refractivity contribution in [3.63, 3.8) is 0 Å².